The molecule has 0 amide bonds. The highest BCUT2D eigenvalue weighted by molar-refractivity contribution is 7.99. The van der Waals surface area contributed by atoms with Crippen LogP contribution in [0.1, 0.15) is 11.6 Å². The lowest BCUT2D eigenvalue weighted by Crippen LogP contribution is -2.13. The van der Waals surface area contributed by atoms with Gasteiger partial charge in [-0.3, -0.25) is 0 Å². The maximum atomic E-state index is 8.64. The van der Waals surface area contributed by atoms with E-state index >= 15 is 0 Å². The first-order valence-electron chi connectivity index (χ1n) is 4.86. The molecule has 1 atom stereocenters. The molecule has 0 spiro atoms. The van der Waals surface area contributed by atoms with Gasteiger partial charge in [0.25, 0.3) is 0 Å². The first-order chi connectivity index (χ1) is 7.27. The Labute approximate surface area is 94.6 Å². The lowest BCUT2D eigenvalue weighted by molar-refractivity contribution is 0.322. The van der Waals surface area contributed by atoms with Crippen LogP contribution in [-0.2, 0) is 0 Å². The van der Waals surface area contributed by atoms with Gasteiger partial charge < -0.3 is 15.6 Å². The van der Waals surface area contributed by atoms with E-state index < -0.39 is 0 Å². The minimum atomic E-state index is 0.0208. The summed E-state index contributed by atoms with van der Waals surface area (Å²) in [5, 5.41) is 8.64. The summed E-state index contributed by atoms with van der Waals surface area (Å²) in [5.41, 5.74) is 7.08. The molecule has 3 nitrogen and oxygen atoms in total. The fourth-order valence-electron chi connectivity index (χ4n) is 1.22. The second-order valence-electron chi connectivity index (χ2n) is 3.18. The first-order valence-corrected chi connectivity index (χ1v) is 6.01. The zero-order valence-corrected chi connectivity index (χ0v) is 9.67. The lowest BCUT2D eigenvalue weighted by atomic mass is 10.1. The van der Waals surface area contributed by atoms with Crippen molar-refractivity contribution in [3.63, 3.8) is 0 Å². The van der Waals surface area contributed by atoms with Crippen LogP contribution in [0.15, 0.2) is 24.3 Å². The molecule has 84 valence electrons. The van der Waals surface area contributed by atoms with Gasteiger partial charge in [0.2, 0.25) is 0 Å². The van der Waals surface area contributed by atoms with Crippen molar-refractivity contribution in [2.75, 3.05) is 25.2 Å². The van der Waals surface area contributed by atoms with Crippen LogP contribution in [0.25, 0.3) is 0 Å². The third-order valence-corrected chi connectivity index (χ3v) is 3.14. The molecule has 4 heteroatoms. The third-order valence-electron chi connectivity index (χ3n) is 2.08. The number of nitrogens with two attached hydrogens (primary N) is 1. The molecule has 1 unspecified atom stereocenters. The SMILES string of the molecule is COc1ccc(C(N)CSCCO)cc1. The van der Waals surface area contributed by atoms with Crippen LogP contribution in [-0.4, -0.2) is 30.3 Å². The van der Waals surface area contributed by atoms with E-state index in [-0.39, 0.29) is 12.6 Å². The molecule has 0 heterocycles. The maximum absolute atomic E-state index is 8.64. The van der Waals surface area contributed by atoms with E-state index in [0.29, 0.717) is 0 Å². The van der Waals surface area contributed by atoms with Gasteiger partial charge in [-0.25, -0.2) is 0 Å². The third kappa shape index (κ3) is 4.11. The number of hydrogen-bond donors (Lipinski definition) is 2. The van der Waals surface area contributed by atoms with Gasteiger partial charge in [-0.05, 0) is 17.7 Å². The highest BCUT2D eigenvalue weighted by atomic mass is 32.2. The van der Waals surface area contributed by atoms with Crippen LogP contribution in [0.5, 0.6) is 5.75 Å². The molecule has 0 radical (unpaired) electrons. The van der Waals surface area contributed by atoms with Crippen molar-refractivity contribution in [2.24, 2.45) is 5.73 Å². The van der Waals surface area contributed by atoms with E-state index in [9.17, 15) is 0 Å². The zero-order valence-electron chi connectivity index (χ0n) is 8.85. The number of aliphatic hydroxyl groups excluding tert-OH is 1. The van der Waals surface area contributed by atoms with E-state index in [1.165, 1.54) is 0 Å². The topological polar surface area (TPSA) is 55.5 Å². The Kier molecular flexibility index (Phi) is 5.53. The van der Waals surface area contributed by atoms with Gasteiger partial charge in [0.15, 0.2) is 0 Å². The minimum Gasteiger partial charge on any atom is -0.497 e. The van der Waals surface area contributed by atoms with E-state index in [4.69, 9.17) is 15.6 Å². The normalized spacial score (nSPS) is 12.5. The van der Waals surface area contributed by atoms with Crippen molar-refractivity contribution in [1.82, 2.24) is 0 Å². The molecule has 0 aliphatic rings. The number of rotatable bonds is 6. The van der Waals surface area contributed by atoms with Crippen LogP contribution < -0.4 is 10.5 Å². The molecule has 1 aromatic rings. The number of thioether (sulfide) groups is 1. The number of methoxy groups -OCH3 is 1. The number of ether oxygens (including phenoxy) is 1. The molecule has 0 aromatic heterocycles. The fourth-order valence-corrected chi connectivity index (χ4v) is 1.96. The largest absolute Gasteiger partial charge is 0.497 e. The van der Waals surface area contributed by atoms with E-state index in [1.807, 2.05) is 24.3 Å². The average molecular weight is 227 g/mol. The van der Waals surface area contributed by atoms with Crippen molar-refractivity contribution in [3.8, 4) is 5.75 Å². The summed E-state index contributed by atoms with van der Waals surface area (Å²) in [6.07, 6.45) is 0. The Hall–Kier alpha value is -0.710. The van der Waals surface area contributed by atoms with Gasteiger partial charge in [0, 0.05) is 17.5 Å². The highest BCUT2D eigenvalue weighted by Gasteiger charge is 2.05. The predicted octanol–water partition coefficient (Wildman–Crippen LogP) is 1.42. The highest BCUT2D eigenvalue weighted by Crippen LogP contribution is 2.19. The molecule has 0 aliphatic carbocycles. The van der Waals surface area contributed by atoms with Crippen molar-refractivity contribution in [1.29, 1.82) is 0 Å². The molecule has 0 aliphatic heterocycles. The zero-order chi connectivity index (χ0) is 11.1. The molecule has 0 saturated carbocycles. The van der Waals surface area contributed by atoms with E-state index in [0.717, 1.165) is 22.8 Å². The summed E-state index contributed by atoms with van der Waals surface area (Å²) in [6.45, 7) is 0.208. The van der Waals surface area contributed by atoms with Gasteiger partial charge in [0.1, 0.15) is 5.75 Å². The molecular formula is C11H17NO2S. The lowest BCUT2D eigenvalue weighted by Gasteiger charge is -2.11. The average Bonchev–Trinajstić information content (AvgIpc) is 2.29. The van der Waals surface area contributed by atoms with E-state index in [2.05, 4.69) is 0 Å². The molecule has 15 heavy (non-hydrogen) atoms. The summed E-state index contributed by atoms with van der Waals surface area (Å²) in [7, 11) is 1.64. The Morgan fingerprint density at radius 2 is 2.07 bits per heavy atom. The summed E-state index contributed by atoms with van der Waals surface area (Å²) < 4.78 is 5.07. The smallest absolute Gasteiger partial charge is 0.118 e. The second kappa shape index (κ2) is 6.71. The monoisotopic (exact) mass is 227 g/mol. The quantitative estimate of drug-likeness (QED) is 0.722. The van der Waals surface area contributed by atoms with Crippen molar-refractivity contribution >= 4 is 11.8 Å². The summed E-state index contributed by atoms with van der Waals surface area (Å²) >= 11 is 1.66. The van der Waals surface area contributed by atoms with Crippen molar-refractivity contribution < 1.29 is 9.84 Å². The van der Waals surface area contributed by atoms with Gasteiger partial charge in [-0.1, -0.05) is 12.1 Å². The predicted molar refractivity (Wildman–Crippen MR) is 64.3 cm³/mol. The van der Waals surface area contributed by atoms with E-state index in [1.54, 1.807) is 18.9 Å². The first kappa shape index (κ1) is 12.4. The summed E-state index contributed by atoms with van der Waals surface area (Å²) in [6, 6.07) is 7.79. The van der Waals surface area contributed by atoms with Crippen LogP contribution in [0.4, 0.5) is 0 Å². The Morgan fingerprint density at radius 3 is 2.60 bits per heavy atom. The fraction of sp³-hybridized carbons (Fsp3) is 0.455. The van der Waals surface area contributed by atoms with Gasteiger partial charge in [0.05, 0.1) is 13.7 Å². The molecule has 0 saturated heterocycles. The molecule has 0 bridgehead atoms. The van der Waals surface area contributed by atoms with Crippen molar-refractivity contribution in [2.45, 2.75) is 6.04 Å². The molecule has 1 aromatic carbocycles. The Bertz CT molecular complexity index is 276. The number of aliphatic hydroxyl groups is 1. The number of hydrogen-bond acceptors (Lipinski definition) is 4. The summed E-state index contributed by atoms with van der Waals surface area (Å²) in [5.74, 6) is 2.41. The molecule has 0 fully saturated rings. The Balaban J connectivity index is 2.46. The van der Waals surface area contributed by atoms with Crippen molar-refractivity contribution in [3.05, 3.63) is 29.8 Å². The molecule has 1 rings (SSSR count). The maximum Gasteiger partial charge on any atom is 0.118 e. The van der Waals surface area contributed by atoms with Crippen LogP contribution >= 0.6 is 11.8 Å². The minimum absolute atomic E-state index is 0.0208. The Morgan fingerprint density at radius 1 is 1.40 bits per heavy atom. The van der Waals surface area contributed by atoms with Crippen LogP contribution in [0.2, 0.25) is 0 Å². The molecular weight excluding hydrogens is 210 g/mol. The number of benzene rings is 1. The molecule has 3 N–H and O–H groups in total. The van der Waals surface area contributed by atoms with Crippen LogP contribution in [0, 0.1) is 0 Å². The van der Waals surface area contributed by atoms with Gasteiger partial charge in [-0.15, -0.1) is 0 Å². The standard InChI is InChI=1S/C11H17NO2S/c1-14-10-4-2-9(3-5-10)11(12)8-15-7-6-13/h2-5,11,13H,6-8,12H2,1H3. The summed E-state index contributed by atoms with van der Waals surface area (Å²) in [4.78, 5) is 0. The van der Waals surface area contributed by atoms with Gasteiger partial charge in [-0.2, -0.15) is 11.8 Å². The van der Waals surface area contributed by atoms with Crippen LogP contribution in [0.3, 0.4) is 0 Å². The van der Waals surface area contributed by atoms with Gasteiger partial charge >= 0.3 is 0 Å². The second-order valence-corrected chi connectivity index (χ2v) is 4.33.